The summed E-state index contributed by atoms with van der Waals surface area (Å²) >= 11 is 0. The molecular formula is C21H22FNO3. The first kappa shape index (κ1) is 17.2. The molecule has 4 nitrogen and oxygen atoms in total. The number of hydrogen-bond donors (Lipinski definition) is 1. The number of halogens is 1. The van der Waals surface area contributed by atoms with E-state index in [4.69, 9.17) is 4.74 Å². The summed E-state index contributed by atoms with van der Waals surface area (Å²) in [6.07, 6.45) is 0.575. The van der Waals surface area contributed by atoms with Crippen molar-refractivity contribution in [2.75, 3.05) is 26.3 Å². The van der Waals surface area contributed by atoms with Gasteiger partial charge in [-0.15, -0.1) is 0 Å². The van der Waals surface area contributed by atoms with Gasteiger partial charge in [0.25, 0.3) is 0 Å². The normalized spacial score (nSPS) is 25.4. The van der Waals surface area contributed by atoms with Crippen LogP contribution in [0.1, 0.15) is 23.5 Å². The molecule has 2 aliphatic heterocycles. The molecule has 0 aliphatic carbocycles. The Bertz CT molecular complexity index is 791. The summed E-state index contributed by atoms with van der Waals surface area (Å²) in [6.45, 7) is 2.31. The number of benzene rings is 2. The molecule has 5 heteroatoms. The predicted molar refractivity (Wildman–Crippen MR) is 95.4 cm³/mol. The molecule has 0 spiro atoms. The molecule has 0 amide bonds. The SMILES string of the molecule is O=C(O)C1CCN(C2(c3cccc(F)c3)COC2)CC1c1ccccc1. The number of aliphatic carboxylic acids is 1. The third-order valence-corrected chi connectivity index (χ3v) is 5.81. The zero-order valence-corrected chi connectivity index (χ0v) is 14.5. The first-order chi connectivity index (χ1) is 12.6. The maximum Gasteiger partial charge on any atom is 0.307 e. The summed E-state index contributed by atoms with van der Waals surface area (Å²) in [4.78, 5) is 14.1. The molecule has 26 heavy (non-hydrogen) atoms. The zero-order chi connectivity index (χ0) is 18.1. The summed E-state index contributed by atoms with van der Waals surface area (Å²) < 4.78 is 19.3. The Hall–Kier alpha value is -2.24. The number of ether oxygens (including phenoxy) is 1. The second-order valence-electron chi connectivity index (χ2n) is 7.23. The van der Waals surface area contributed by atoms with E-state index < -0.39 is 11.9 Å². The van der Waals surface area contributed by atoms with Crippen molar-refractivity contribution in [3.8, 4) is 0 Å². The van der Waals surface area contributed by atoms with Gasteiger partial charge in [-0.1, -0.05) is 42.5 Å². The van der Waals surface area contributed by atoms with Crippen LogP contribution in [0.4, 0.5) is 4.39 Å². The first-order valence-electron chi connectivity index (χ1n) is 8.97. The largest absolute Gasteiger partial charge is 0.481 e. The van der Waals surface area contributed by atoms with Gasteiger partial charge in [0.15, 0.2) is 0 Å². The highest BCUT2D eigenvalue weighted by molar-refractivity contribution is 5.71. The van der Waals surface area contributed by atoms with E-state index in [0.717, 1.165) is 11.1 Å². The number of carboxylic acids is 1. The van der Waals surface area contributed by atoms with Crippen molar-refractivity contribution in [2.24, 2.45) is 5.92 Å². The van der Waals surface area contributed by atoms with Crippen molar-refractivity contribution in [1.82, 2.24) is 4.90 Å². The lowest BCUT2D eigenvalue weighted by Crippen LogP contribution is -2.62. The Morgan fingerprint density at radius 1 is 1.15 bits per heavy atom. The monoisotopic (exact) mass is 355 g/mol. The number of rotatable bonds is 4. The lowest BCUT2D eigenvalue weighted by Gasteiger charge is -2.53. The van der Waals surface area contributed by atoms with Crippen LogP contribution in [-0.4, -0.2) is 42.3 Å². The molecule has 2 aromatic carbocycles. The third-order valence-electron chi connectivity index (χ3n) is 5.81. The minimum Gasteiger partial charge on any atom is -0.481 e. The third kappa shape index (κ3) is 2.91. The van der Waals surface area contributed by atoms with E-state index in [1.54, 1.807) is 12.1 Å². The number of likely N-dealkylation sites (tertiary alicyclic amines) is 1. The van der Waals surface area contributed by atoms with E-state index in [9.17, 15) is 14.3 Å². The average Bonchev–Trinajstić information content (AvgIpc) is 2.61. The van der Waals surface area contributed by atoms with E-state index in [0.29, 0.717) is 32.7 Å². The number of nitrogens with zero attached hydrogens (tertiary/aromatic N) is 1. The van der Waals surface area contributed by atoms with Crippen LogP contribution in [0, 0.1) is 11.7 Å². The van der Waals surface area contributed by atoms with Gasteiger partial charge in [-0.05, 0) is 29.7 Å². The summed E-state index contributed by atoms with van der Waals surface area (Å²) in [5.74, 6) is -1.50. The van der Waals surface area contributed by atoms with Crippen LogP contribution in [0.5, 0.6) is 0 Å². The van der Waals surface area contributed by atoms with E-state index in [1.165, 1.54) is 6.07 Å². The highest BCUT2D eigenvalue weighted by Crippen LogP contribution is 2.42. The topological polar surface area (TPSA) is 49.8 Å². The molecular weight excluding hydrogens is 333 g/mol. The van der Waals surface area contributed by atoms with Crippen LogP contribution in [0.15, 0.2) is 54.6 Å². The quantitative estimate of drug-likeness (QED) is 0.915. The second kappa shape index (κ2) is 6.82. The predicted octanol–water partition coefficient (Wildman–Crippen LogP) is 3.24. The number of carboxylic acid groups (broad SMARTS) is 1. The highest BCUT2D eigenvalue weighted by atomic mass is 19.1. The lowest BCUT2D eigenvalue weighted by molar-refractivity contribution is -0.164. The molecule has 4 rings (SSSR count). The van der Waals surface area contributed by atoms with Gasteiger partial charge in [0.1, 0.15) is 5.82 Å². The molecule has 1 N–H and O–H groups in total. The van der Waals surface area contributed by atoms with Crippen molar-refractivity contribution < 1.29 is 19.0 Å². The Morgan fingerprint density at radius 2 is 1.92 bits per heavy atom. The van der Waals surface area contributed by atoms with Gasteiger partial charge >= 0.3 is 5.97 Å². The smallest absolute Gasteiger partial charge is 0.307 e. The number of hydrogen-bond acceptors (Lipinski definition) is 3. The fourth-order valence-corrected chi connectivity index (χ4v) is 4.28. The Balaban J connectivity index is 1.66. The molecule has 2 atom stereocenters. The second-order valence-corrected chi connectivity index (χ2v) is 7.23. The van der Waals surface area contributed by atoms with Gasteiger partial charge in [0.05, 0.1) is 24.7 Å². The maximum absolute atomic E-state index is 13.8. The number of carbonyl (C=O) groups is 1. The van der Waals surface area contributed by atoms with Crippen LogP contribution in [0.25, 0.3) is 0 Å². The molecule has 2 aliphatic rings. The molecule has 2 heterocycles. The van der Waals surface area contributed by atoms with Crippen LogP contribution in [0.2, 0.25) is 0 Å². The zero-order valence-electron chi connectivity index (χ0n) is 14.5. The van der Waals surface area contributed by atoms with Crippen LogP contribution < -0.4 is 0 Å². The van der Waals surface area contributed by atoms with Crippen LogP contribution >= 0.6 is 0 Å². The van der Waals surface area contributed by atoms with Gasteiger partial charge in [-0.25, -0.2) is 4.39 Å². The summed E-state index contributed by atoms with van der Waals surface area (Å²) in [5.41, 5.74) is 1.59. The van der Waals surface area contributed by atoms with E-state index in [2.05, 4.69) is 4.90 Å². The average molecular weight is 355 g/mol. The van der Waals surface area contributed by atoms with Crippen molar-refractivity contribution in [1.29, 1.82) is 0 Å². The number of piperidine rings is 1. The van der Waals surface area contributed by atoms with Gasteiger partial charge < -0.3 is 9.84 Å². The standard InChI is InChI=1S/C21H22FNO3/c22-17-8-4-7-16(11-17)21(13-26-14-21)23-10-9-18(20(24)25)19(12-23)15-5-2-1-3-6-15/h1-8,11,18-19H,9-10,12-14H2,(H,24,25). The molecule has 2 saturated heterocycles. The van der Waals surface area contributed by atoms with Crippen molar-refractivity contribution in [3.63, 3.8) is 0 Å². The van der Waals surface area contributed by atoms with E-state index in [-0.39, 0.29) is 17.3 Å². The summed E-state index contributed by atoms with van der Waals surface area (Å²) in [5, 5.41) is 9.69. The molecule has 2 aromatic rings. The van der Waals surface area contributed by atoms with Crippen LogP contribution in [0.3, 0.4) is 0 Å². The molecule has 0 bridgehead atoms. The molecule has 2 unspecified atom stereocenters. The van der Waals surface area contributed by atoms with Crippen molar-refractivity contribution in [3.05, 3.63) is 71.5 Å². The summed E-state index contributed by atoms with van der Waals surface area (Å²) in [6, 6.07) is 16.5. The maximum atomic E-state index is 13.8. The summed E-state index contributed by atoms with van der Waals surface area (Å²) in [7, 11) is 0. The fourth-order valence-electron chi connectivity index (χ4n) is 4.28. The minimum atomic E-state index is -0.747. The molecule has 136 valence electrons. The Morgan fingerprint density at radius 3 is 2.54 bits per heavy atom. The van der Waals surface area contributed by atoms with Crippen molar-refractivity contribution in [2.45, 2.75) is 17.9 Å². The van der Waals surface area contributed by atoms with Crippen LogP contribution in [-0.2, 0) is 15.1 Å². The Labute approximate surface area is 152 Å². The Kier molecular flexibility index (Phi) is 4.51. The van der Waals surface area contributed by atoms with Gasteiger partial charge in [-0.2, -0.15) is 0 Å². The van der Waals surface area contributed by atoms with Gasteiger partial charge in [-0.3, -0.25) is 9.69 Å². The fraction of sp³-hybridized carbons (Fsp3) is 0.381. The molecule has 0 saturated carbocycles. The van der Waals surface area contributed by atoms with E-state index >= 15 is 0 Å². The first-order valence-corrected chi connectivity index (χ1v) is 8.97. The molecule has 0 radical (unpaired) electrons. The highest BCUT2D eigenvalue weighted by Gasteiger charge is 2.49. The molecule has 2 fully saturated rings. The van der Waals surface area contributed by atoms with Gasteiger partial charge in [0, 0.05) is 19.0 Å². The molecule has 0 aromatic heterocycles. The van der Waals surface area contributed by atoms with Crippen molar-refractivity contribution >= 4 is 5.97 Å². The van der Waals surface area contributed by atoms with E-state index in [1.807, 2.05) is 36.4 Å². The lowest BCUT2D eigenvalue weighted by atomic mass is 9.77. The van der Waals surface area contributed by atoms with Gasteiger partial charge in [0.2, 0.25) is 0 Å². The minimum absolute atomic E-state index is 0.0894.